The molecular formula is C16H31N3. The summed E-state index contributed by atoms with van der Waals surface area (Å²) < 4.78 is 0. The Kier molecular flexibility index (Phi) is 6.29. The van der Waals surface area contributed by atoms with Gasteiger partial charge in [0.05, 0.1) is 6.07 Å². The average molecular weight is 265 g/mol. The summed E-state index contributed by atoms with van der Waals surface area (Å²) in [5.41, 5.74) is -0.263. The highest BCUT2D eigenvalue weighted by Crippen LogP contribution is 2.37. The quantitative estimate of drug-likeness (QED) is 0.769. The summed E-state index contributed by atoms with van der Waals surface area (Å²) in [5.74, 6) is 1.21. The third kappa shape index (κ3) is 4.19. The molecule has 0 aromatic heterocycles. The van der Waals surface area contributed by atoms with Gasteiger partial charge in [-0.1, -0.05) is 20.3 Å². The third-order valence-corrected chi connectivity index (χ3v) is 4.56. The van der Waals surface area contributed by atoms with Gasteiger partial charge in [0.25, 0.3) is 0 Å². The highest BCUT2D eigenvalue weighted by molar-refractivity contribution is 5.13. The molecule has 0 amide bonds. The van der Waals surface area contributed by atoms with Crippen molar-refractivity contribution in [2.45, 2.75) is 65.0 Å². The number of nitrogens with one attached hydrogen (secondary N) is 1. The van der Waals surface area contributed by atoms with Crippen molar-refractivity contribution < 1.29 is 0 Å². The number of nitrogens with zero attached hydrogens (tertiary/aromatic N) is 2. The second-order valence-electron chi connectivity index (χ2n) is 6.69. The Morgan fingerprint density at radius 1 is 1.37 bits per heavy atom. The van der Waals surface area contributed by atoms with Gasteiger partial charge in [-0.05, 0) is 58.5 Å². The molecule has 0 aromatic rings. The van der Waals surface area contributed by atoms with E-state index >= 15 is 0 Å². The van der Waals surface area contributed by atoms with Crippen molar-refractivity contribution in [3.05, 3.63) is 0 Å². The van der Waals surface area contributed by atoms with Gasteiger partial charge in [-0.15, -0.1) is 0 Å². The molecule has 1 aliphatic rings. The van der Waals surface area contributed by atoms with E-state index in [9.17, 15) is 5.26 Å². The van der Waals surface area contributed by atoms with Gasteiger partial charge < -0.3 is 10.2 Å². The van der Waals surface area contributed by atoms with Crippen molar-refractivity contribution in [1.29, 1.82) is 5.26 Å². The van der Waals surface area contributed by atoms with Crippen molar-refractivity contribution in [1.82, 2.24) is 10.2 Å². The minimum atomic E-state index is -0.263. The van der Waals surface area contributed by atoms with E-state index in [1.165, 1.54) is 12.8 Å². The summed E-state index contributed by atoms with van der Waals surface area (Å²) in [6.07, 6.45) is 4.53. The van der Waals surface area contributed by atoms with E-state index in [0.29, 0.717) is 17.9 Å². The fourth-order valence-electron chi connectivity index (χ4n) is 3.35. The van der Waals surface area contributed by atoms with E-state index in [2.05, 4.69) is 44.0 Å². The van der Waals surface area contributed by atoms with Gasteiger partial charge in [-0.3, -0.25) is 0 Å². The summed E-state index contributed by atoms with van der Waals surface area (Å²) in [7, 11) is 1.94. The summed E-state index contributed by atoms with van der Waals surface area (Å²) in [6, 6.07) is 3.13. The second kappa shape index (κ2) is 7.26. The Morgan fingerprint density at radius 3 is 2.53 bits per heavy atom. The van der Waals surface area contributed by atoms with Gasteiger partial charge in [0.2, 0.25) is 0 Å². The van der Waals surface area contributed by atoms with Crippen molar-refractivity contribution in [2.75, 3.05) is 20.1 Å². The summed E-state index contributed by atoms with van der Waals surface area (Å²) in [5, 5.41) is 12.8. The van der Waals surface area contributed by atoms with E-state index in [1.54, 1.807) is 0 Å². The van der Waals surface area contributed by atoms with Crippen molar-refractivity contribution in [3.8, 4) is 6.07 Å². The maximum atomic E-state index is 9.48. The van der Waals surface area contributed by atoms with Gasteiger partial charge in [0.15, 0.2) is 0 Å². The molecule has 3 heteroatoms. The largest absolute Gasteiger partial charge is 0.302 e. The Labute approximate surface area is 119 Å². The van der Waals surface area contributed by atoms with Gasteiger partial charge >= 0.3 is 0 Å². The SMILES string of the molecule is CNC1(C#N)CCCC1CCN(CC(C)C)C(C)C. The van der Waals surface area contributed by atoms with Crippen LogP contribution in [-0.4, -0.2) is 36.6 Å². The lowest BCUT2D eigenvalue weighted by atomic mass is 9.86. The Balaban J connectivity index is 2.57. The zero-order chi connectivity index (χ0) is 14.5. The monoisotopic (exact) mass is 265 g/mol. The maximum Gasteiger partial charge on any atom is 0.109 e. The molecule has 3 nitrogen and oxygen atoms in total. The zero-order valence-corrected chi connectivity index (χ0v) is 13.4. The Morgan fingerprint density at radius 2 is 2.05 bits per heavy atom. The van der Waals surface area contributed by atoms with E-state index in [4.69, 9.17) is 0 Å². The Hall–Kier alpha value is -0.590. The third-order valence-electron chi connectivity index (χ3n) is 4.56. The molecule has 1 N–H and O–H groups in total. The molecular weight excluding hydrogens is 234 g/mol. The molecule has 2 unspecified atom stereocenters. The number of hydrogen-bond acceptors (Lipinski definition) is 3. The van der Waals surface area contributed by atoms with Crippen molar-refractivity contribution in [3.63, 3.8) is 0 Å². The summed E-state index contributed by atoms with van der Waals surface area (Å²) in [4.78, 5) is 2.56. The first-order chi connectivity index (χ1) is 8.95. The van der Waals surface area contributed by atoms with Crippen LogP contribution >= 0.6 is 0 Å². The van der Waals surface area contributed by atoms with Gasteiger partial charge in [-0.2, -0.15) is 5.26 Å². The van der Waals surface area contributed by atoms with Crippen LogP contribution in [0.15, 0.2) is 0 Å². The molecule has 0 bridgehead atoms. The lowest BCUT2D eigenvalue weighted by Gasteiger charge is -2.33. The molecule has 1 aliphatic carbocycles. The second-order valence-corrected chi connectivity index (χ2v) is 6.69. The molecule has 0 spiro atoms. The molecule has 110 valence electrons. The van der Waals surface area contributed by atoms with Gasteiger partial charge in [0.1, 0.15) is 5.54 Å². The fourth-order valence-corrected chi connectivity index (χ4v) is 3.35. The molecule has 1 saturated carbocycles. The van der Waals surface area contributed by atoms with Crippen LogP contribution in [0.1, 0.15) is 53.4 Å². The fraction of sp³-hybridized carbons (Fsp3) is 0.938. The lowest BCUT2D eigenvalue weighted by molar-refractivity contribution is 0.173. The number of hydrogen-bond donors (Lipinski definition) is 1. The normalized spacial score (nSPS) is 27.4. The zero-order valence-electron chi connectivity index (χ0n) is 13.4. The molecule has 2 atom stereocenters. The first-order valence-electron chi connectivity index (χ1n) is 7.79. The first-order valence-corrected chi connectivity index (χ1v) is 7.79. The smallest absolute Gasteiger partial charge is 0.109 e. The highest BCUT2D eigenvalue weighted by Gasteiger charge is 2.41. The predicted octanol–water partition coefficient (Wildman–Crippen LogP) is 3.02. The standard InChI is InChI=1S/C16H31N3/c1-13(2)11-19(14(3)4)10-8-15-7-6-9-16(15,12-17)18-5/h13-15,18H,6-11H2,1-5H3. The number of nitriles is 1. The van der Waals surface area contributed by atoms with Crippen molar-refractivity contribution in [2.24, 2.45) is 11.8 Å². The first kappa shape index (κ1) is 16.5. The topological polar surface area (TPSA) is 39.1 Å². The van der Waals surface area contributed by atoms with E-state index in [1.807, 2.05) is 7.05 Å². The molecule has 0 aliphatic heterocycles. The van der Waals surface area contributed by atoms with Crippen molar-refractivity contribution >= 4 is 0 Å². The van der Waals surface area contributed by atoms with Crippen LogP contribution in [0.25, 0.3) is 0 Å². The minimum absolute atomic E-state index is 0.263. The van der Waals surface area contributed by atoms with Gasteiger partial charge in [0, 0.05) is 12.6 Å². The van der Waals surface area contributed by atoms with Crippen LogP contribution in [0.3, 0.4) is 0 Å². The lowest BCUT2D eigenvalue weighted by Crippen LogP contribution is -2.46. The minimum Gasteiger partial charge on any atom is -0.302 e. The van der Waals surface area contributed by atoms with Crippen LogP contribution < -0.4 is 5.32 Å². The average Bonchev–Trinajstić information content (AvgIpc) is 2.77. The predicted molar refractivity (Wildman–Crippen MR) is 80.9 cm³/mol. The van der Waals surface area contributed by atoms with Crippen LogP contribution in [0, 0.1) is 23.2 Å². The molecule has 1 rings (SSSR count). The van der Waals surface area contributed by atoms with Gasteiger partial charge in [-0.25, -0.2) is 0 Å². The van der Waals surface area contributed by atoms with Crippen LogP contribution in [0.4, 0.5) is 0 Å². The molecule has 0 heterocycles. The number of rotatable bonds is 7. The molecule has 1 fully saturated rings. The van der Waals surface area contributed by atoms with E-state index in [0.717, 1.165) is 25.9 Å². The molecule has 0 aromatic carbocycles. The van der Waals surface area contributed by atoms with E-state index < -0.39 is 0 Å². The highest BCUT2D eigenvalue weighted by atomic mass is 15.1. The maximum absolute atomic E-state index is 9.48. The summed E-state index contributed by atoms with van der Waals surface area (Å²) >= 11 is 0. The van der Waals surface area contributed by atoms with Crippen LogP contribution in [-0.2, 0) is 0 Å². The van der Waals surface area contributed by atoms with E-state index in [-0.39, 0.29) is 5.54 Å². The van der Waals surface area contributed by atoms with Crippen LogP contribution in [0.2, 0.25) is 0 Å². The van der Waals surface area contributed by atoms with Crippen LogP contribution in [0.5, 0.6) is 0 Å². The molecule has 0 saturated heterocycles. The molecule has 0 radical (unpaired) electrons. The summed E-state index contributed by atoms with van der Waals surface area (Å²) in [6.45, 7) is 11.4. The molecule has 19 heavy (non-hydrogen) atoms. The Bertz CT molecular complexity index is 306.